The van der Waals surface area contributed by atoms with Crippen LogP contribution in [0, 0.1) is 0 Å². The van der Waals surface area contributed by atoms with Crippen molar-refractivity contribution in [3.63, 3.8) is 0 Å². The van der Waals surface area contributed by atoms with Gasteiger partial charge in [-0.2, -0.15) is 14.8 Å². The minimum Gasteiger partial charge on any atom is -0.414 e. The lowest BCUT2D eigenvalue weighted by atomic mass is 10.0. The molecule has 252 valence electrons. The number of carbonyl (C=O) groups excluding carboxylic acids is 2. The lowest BCUT2D eigenvalue weighted by Crippen LogP contribution is -2.81. The molecule has 4 rings (SSSR count). The number of guanidine groups is 1. The summed E-state index contributed by atoms with van der Waals surface area (Å²) in [6.07, 6.45) is -3.03. The Bertz CT molecular complexity index is 1210. The summed E-state index contributed by atoms with van der Waals surface area (Å²) in [6, 6.07) is -0.665. The molecule has 3 saturated heterocycles. The Balaban J connectivity index is 1.85. The van der Waals surface area contributed by atoms with Crippen molar-refractivity contribution in [2.75, 3.05) is 6.61 Å². The topological polar surface area (TPSA) is 155 Å². The second-order valence-electron chi connectivity index (χ2n) is 17.0. The molecule has 0 aromatic heterocycles. The number of rotatable bonds is 8. The molecule has 13 nitrogen and oxygen atoms in total. The molecular weight excluding hydrogens is 619 g/mol. The highest BCUT2D eigenvalue weighted by atomic mass is 28.4. The van der Waals surface area contributed by atoms with E-state index in [1.54, 1.807) is 0 Å². The van der Waals surface area contributed by atoms with Gasteiger partial charge in [0.25, 0.3) is 5.91 Å². The Morgan fingerprint density at radius 1 is 0.841 bits per heavy atom. The lowest BCUT2D eigenvalue weighted by Gasteiger charge is -2.51. The first-order chi connectivity index (χ1) is 19.6. The maximum atomic E-state index is 13.8. The second kappa shape index (κ2) is 10.6. The van der Waals surface area contributed by atoms with E-state index in [2.05, 4.69) is 117 Å². The highest BCUT2D eigenvalue weighted by Gasteiger charge is 2.83. The summed E-state index contributed by atoms with van der Waals surface area (Å²) in [4.78, 5) is 43.4. The predicted molar refractivity (Wildman–Crippen MR) is 174 cm³/mol. The normalized spacial score (nSPS) is 33.3. The van der Waals surface area contributed by atoms with Gasteiger partial charge < -0.3 is 23.7 Å². The van der Waals surface area contributed by atoms with Gasteiger partial charge in [0.2, 0.25) is 0 Å². The van der Waals surface area contributed by atoms with Crippen LogP contribution < -0.4 is 16.4 Å². The molecule has 4 heterocycles. The largest absolute Gasteiger partial charge is 0.414 e. The molecule has 0 radical (unpaired) electrons. The fourth-order valence-corrected chi connectivity index (χ4v) is 8.41. The van der Waals surface area contributed by atoms with Crippen molar-refractivity contribution in [3.05, 3.63) is 0 Å². The van der Waals surface area contributed by atoms with E-state index in [1.807, 2.05) is 0 Å². The van der Waals surface area contributed by atoms with E-state index >= 15 is 0 Å². The van der Waals surface area contributed by atoms with Crippen LogP contribution in [0.15, 0.2) is 4.99 Å². The minimum atomic E-state index is -2.51. The van der Waals surface area contributed by atoms with Crippen LogP contribution in [0.2, 0.25) is 54.4 Å². The molecule has 4 aliphatic heterocycles. The van der Waals surface area contributed by atoms with Gasteiger partial charge in [-0.25, -0.2) is 9.69 Å². The number of nitrogens with zero attached hydrogens (tertiary/aromatic N) is 2. The van der Waals surface area contributed by atoms with Crippen LogP contribution in [0.5, 0.6) is 0 Å². The molecule has 0 aromatic rings. The monoisotopic (exact) mass is 673 g/mol. The Morgan fingerprint density at radius 3 is 1.80 bits per heavy atom. The van der Waals surface area contributed by atoms with Crippen molar-refractivity contribution in [1.29, 1.82) is 0 Å². The van der Waals surface area contributed by atoms with Crippen LogP contribution in [0.3, 0.4) is 0 Å². The van der Waals surface area contributed by atoms with Gasteiger partial charge in [-0.05, 0) is 54.4 Å². The van der Waals surface area contributed by atoms with Crippen molar-refractivity contribution >= 4 is 42.9 Å². The number of nitrogens with one attached hydrogen (secondary N) is 2. The third-order valence-electron chi connectivity index (χ3n) is 10.8. The van der Waals surface area contributed by atoms with Gasteiger partial charge in [0.05, 0.1) is 6.61 Å². The number of hydrogen-bond donors (Lipinski definition) is 3. The molecule has 0 saturated carbocycles. The maximum absolute atomic E-state index is 13.8. The van der Waals surface area contributed by atoms with Crippen molar-refractivity contribution in [2.24, 2.45) is 10.7 Å². The number of amides is 3. The molecule has 6 atom stereocenters. The van der Waals surface area contributed by atoms with E-state index in [4.69, 9.17) is 33.5 Å². The molecular formula is C28H55N5O8Si3. The zero-order chi connectivity index (χ0) is 33.7. The van der Waals surface area contributed by atoms with Gasteiger partial charge in [-0.3, -0.25) is 15.4 Å². The van der Waals surface area contributed by atoms with Gasteiger partial charge in [0.15, 0.2) is 37.1 Å². The SMILES string of the molecule is CC(C)(C)[Si](C)(C)OCC1OC(N2C(=O)NC34OOC23N=C(N)NC4=O)C(O[Si](C)(C)C(C)(C)C)C1O[Si](C)(C)C(C)(C)C. The quantitative estimate of drug-likeness (QED) is 0.253. The fourth-order valence-electron chi connectivity index (χ4n) is 4.80. The summed E-state index contributed by atoms with van der Waals surface area (Å²) >= 11 is 0. The van der Waals surface area contributed by atoms with Gasteiger partial charge in [0, 0.05) is 0 Å². The molecule has 3 fully saturated rings. The maximum Gasteiger partial charge on any atom is 0.339 e. The van der Waals surface area contributed by atoms with E-state index in [0.717, 1.165) is 0 Å². The Hall–Kier alpha value is -1.38. The first-order valence-electron chi connectivity index (χ1n) is 15.4. The van der Waals surface area contributed by atoms with E-state index in [0.29, 0.717) is 0 Å². The van der Waals surface area contributed by atoms with E-state index < -0.39 is 73.0 Å². The Labute approximate surface area is 265 Å². The third kappa shape index (κ3) is 5.51. The predicted octanol–water partition coefficient (Wildman–Crippen LogP) is 4.30. The first-order valence-corrected chi connectivity index (χ1v) is 24.2. The van der Waals surface area contributed by atoms with Gasteiger partial charge in [0.1, 0.15) is 18.3 Å². The number of ether oxygens (including phenoxy) is 1. The smallest absolute Gasteiger partial charge is 0.339 e. The van der Waals surface area contributed by atoms with Crippen molar-refractivity contribution < 1.29 is 37.4 Å². The molecule has 4 N–H and O–H groups in total. The second-order valence-corrected chi connectivity index (χ2v) is 31.4. The molecule has 44 heavy (non-hydrogen) atoms. The average Bonchev–Trinajstić information content (AvgIpc) is 3.20. The standard InChI is InChI=1S/C28H55N5O8Si3/c1-24(2,3)42(10,11)36-16-17-18(38-43(12,13)25(4,5)6)19(39-44(14,15)26(7,8)9)20(37-17)33-23(35)32-27-21(34)30-22(29)31-28(27,33)41-40-27/h17-20H,16H2,1-15H3,(H,32,35)(H3,29,30,31,34). The summed E-state index contributed by atoms with van der Waals surface area (Å²) < 4.78 is 27.8. The molecule has 0 aromatic carbocycles. The number of nitrogens with two attached hydrogens (primary N) is 1. The number of hydrogen-bond acceptors (Lipinski definition) is 10. The zero-order valence-electron chi connectivity index (χ0n) is 29.3. The van der Waals surface area contributed by atoms with Crippen molar-refractivity contribution in [1.82, 2.24) is 15.5 Å². The molecule has 6 unspecified atom stereocenters. The Morgan fingerprint density at radius 2 is 1.34 bits per heavy atom. The summed E-state index contributed by atoms with van der Waals surface area (Å²) in [7, 11) is -7.14. The highest BCUT2D eigenvalue weighted by Crippen LogP contribution is 2.53. The fraction of sp³-hybridized carbons (Fsp3) is 0.893. The number of aliphatic imine (C=N–C) groups is 1. The van der Waals surface area contributed by atoms with Crippen LogP contribution >= 0.6 is 0 Å². The molecule has 16 heteroatoms. The first kappa shape index (κ1) is 35.5. The van der Waals surface area contributed by atoms with Crippen LogP contribution in [0.25, 0.3) is 0 Å². The van der Waals surface area contributed by atoms with E-state index in [-0.39, 0.29) is 27.7 Å². The van der Waals surface area contributed by atoms with Crippen LogP contribution in [0.1, 0.15) is 62.3 Å². The van der Waals surface area contributed by atoms with Gasteiger partial charge >= 0.3 is 17.6 Å². The summed E-state index contributed by atoms with van der Waals surface area (Å²) in [6.45, 7) is 32.8. The molecule has 0 aliphatic carbocycles. The molecule has 4 aliphatic rings. The molecule has 3 amide bonds. The summed E-state index contributed by atoms with van der Waals surface area (Å²) in [5.74, 6) is -2.83. The highest BCUT2D eigenvalue weighted by molar-refractivity contribution is 6.75. The Kier molecular flexibility index (Phi) is 8.52. The average molecular weight is 674 g/mol. The van der Waals surface area contributed by atoms with Gasteiger partial charge in [-0.1, -0.05) is 62.3 Å². The molecule has 0 bridgehead atoms. The number of urea groups is 1. The molecule has 0 spiro atoms. The van der Waals surface area contributed by atoms with Crippen LogP contribution in [0.4, 0.5) is 4.79 Å². The van der Waals surface area contributed by atoms with E-state index in [1.165, 1.54) is 4.90 Å². The van der Waals surface area contributed by atoms with E-state index in [9.17, 15) is 9.59 Å². The summed E-state index contributed by atoms with van der Waals surface area (Å²) in [5.41, 5.74) is 4.07. The van der Waals surface area contributed by atoms with Crippen LogP contribution in [-0.2, 0) is 32.6 Å². The van der Waals surface area contributed by atoms with Crippen LogP contribution in [-0.4, -0.2) is 90.5 Å². The minimum absolute atomic E-state index is 0.0377. The van der Waals surface area contributed by atoms with Crippen molar-refractivity contribution in [2.45, 2.75) is 153 Å². The van der Waals surface area contributed by atoms with Gasteiger partial charge in [-0.15, -0.1) is 0 Å². The zero-order valence-corrected chi connectivity index (χ0v) is 32.3. The lowest BCUT2D eigenvalue weighted by molar-refractivity contribution is -0.560. The van der Waals surface area contributed by atoms with Crippen molar-refractivity contribution in [3.8, 4) is 0 Å². The number of carbonyl (C=O) groups is 2. The third-order valence-corrected chi connectivity index (χ3v) is 24.3. The summed E-state index contributed by atoms with van der Waals surface area (Å²) in [5, 5.41) is 4.73.